The lowest BCUT2D eigenvalue weighted by atomic mass is 10.0. The fourth-order valence-electron chi connectivity index (χ4n) is 1.23. The largest absolute Gasteiger partial charge is 0.508 e. The number of aryl methyl sites for hydroxylation is 2. The van der Waals surface area contributed by atoms with E-state index in [0.717, 1.165) is 11.1 Å². The van der Waals surface area contributed by atoms with E-state index in [0.29, 0.717) is 18.8 Å². The summed E-state index contributed by atoms with van der Waals surface area (Å²) in [5, 5.41) is 9.55. The normalized spacial score (nSPS) is 10.4. The van der Waals surface area contributed by atoms with Gasteiger partial charge in [-0.25, -0.2) is 5.90 Å². The van der Waals surface area contributed by atoms with Gasteiger partial charge in [0.15, 0.2) is 0 Å². The summed E-state index contributed by atoms with van der Waals surface area (Å²) in [5.41, 5.74) is 3.15. The maximum absolute atomic E-state index is 9.55. The molecular formula is C10H15NO2. The van der Waals surface area contributed by atoms with E-state index in [1.165, 1.54) is 5.56 Å². The van der Waals surface area contributed by atoms with Gasteiger partial charge in [-0.15, -0.1) is 0 Å². The molecule has 3 nitrogen and oxygen atoms in total. The highest BCUT2D eigenvalue weighted by Crippen LogP contribution is 2.21. The molecule has 0 amide bonds. The van der Waals surface area contributed by atoms with Crippen molar-refractivity contribution >= 4 is 0 Å². The van der Waals surface area contributed by atoms with Crippen LogP contribution in [0.5, 0.6) is 5.75 Å². The van der Waals surface area contributed by atoms with Crippen LogP contribution in [0.4, 0.5) is 0 Å². The van der Waals surface area contributed by atoms with Gasteiger partial charge < -0.3 is 9.94 Å². The quantitative estimate of drug-likeness (QED) is 0.694. The van der Waals surface area contributed by atoms with Crippen LogP contribution in [0, 0.1) is 13.8 Å². The number of phenols is 1. The molecule has 1 aromatic rings. The molecule has 13 heavy (non-hydrogen) atoms. The second kappa shape index (κ2) is 4.25. The van der Waals surface area contributed by atoms with Gasteiger partial charge in [0.05, 0.1) is 6.61 Å². The molecular weight excluding hydrogens is 166 g/mol. The van der Waals surface area contributed by atoms with Gasteiger partial charge in [0, 0.05) is 6.42 Å². The van der Waals surface area contributed by atoms with Crippen molar-refractivity contribution in [1.82, 2.24) is 0 Å². The molecule has 3 N–H and O–H groups in total. The summed E-state index contributed by atoms with van der Waals surface area (Å²) in [4.78, 5) is 4.46. The average Bonchev–Trinajstić information content (AvgIpc) is 2.09. The first-order chi connectivity index (χ1) is 6.15. The fourth-order valence-corrected chi connectivity index (χ4v) is 1.23. The number of hydrogen-bond acceptors (Lipinski definition) is 3. The lowest BCUT2D eigenvalue weighted by Gasteiger charge is -2.07. The number of hydrogen-bond donors (Lipinski definition) is 2. The molecule has 0 saturated carbocycles. The highest BCUT2D eigenvalue weighted by Gasteiger charge is 2.03. The zero-order chi connectivity index (χ0) is 9.84. The van der Waals surface area contributed by atoms with Crippen molar-refractivity contribution in [3.63, 3.8) is 0 Å². The van der Waals surface area contributed by atoms with E-state index in [-0.39, 0.29) is 0 Å². The second-order valence-electron chi connectivity index (χ2n) is 3.19. The first-order valence-electron chi connectivity index (χ1n) is 4.26. The number of phenolic OH excluding ortho intramolecular Hbond substituents is 1. The van der Waals surface area contributed by atoms with Crippen LogP contribution >= 0.6 is 0 Å². The van der Waals surface area contributed by atoms with E-state index in [2.05, 4.69) is 4.84 Å². The van der Waals surface area contributed by atoms with E-state index in [4.69, 9.17) is 5.90 Å². The van der Waals surface area contributed by atoms with Crippen LogP contribution in [0.1, 0.15) is 16.7 Å². The summed E-state index contributed by atoms with van der Waals surface area (Å²) in [6.45, 7) is 4.41. The molecule has 72 valence electrons. The zero-order valence-corrected chi connectivity index (χ0v) is 8.00. The Morgan fingerprint density at radius 2 is 1.92 bits per heavy atom. The van der Waals surface area contributed by atoms with Gasteiger partial charge in [-0.1, -0.05) is 6.07 Å². The Bertz CT molecular complexity index is 297. The monoisotopic (exact) mass is 181 g/mol. The minimum atomic E-state index is 0.320. The minimum Gasteiger partial charge on any atom is -0.508 e. The Balaban J connectivity index is 2.88. The lowest BCUT2D eigenvalue weighted by molar-refractivity contribution is 0.140. The van der Waals surface area contributed by atoms with Crippen molar-refractivity contribution in [3.8, 4) is 5.75 Å². The summed E-state index contributed by atoms with van der Waals surface area (Å²) < 4.78 is 0. The van der Waals surface area contributed by atoms with Crippen LogP contribution in [0.25, 0.3) is 0 Å². The maximum Gasteiger partial charge on any atom is 0.119 e. The standard InChI is InChI=1S/C10H15NO2/c1-7-5-9(3-4-13-11)10(12)6-8(7)2/h5-6,12H,3-4,11H2,1-2H3. The molecule has 0 aliphatic carbocycles. The number of benzene rings is 1. The van der Waals surface area contributed by atoms with E-state index in [1.807, 2.05) is 19.9 Å². The molecule has 0 aromatic heterocycles. The predicted octanol–water partition coefficient (Wildman–Crippen LogP) is 1.44. The first-order valence-corrected chi connectivity index (χ1v) is 4.26. The van der Waals surface area contributed by atoms with Crippen LogP contribution in [-0.2, 0) is 11.3 Å². The van der Waals surface area contributed by atoms with Crippen molar-refractivity contribution in [2.75, 3.05) is 6.61 Å². The molecule has 0 radical (unpaired) electrons. The topological polar surface area (TPSA) is 55.5 Å². The molecule has 1 aromatic carbocycles. The number of rotatable bonds is 3. The molecule has 0 atom stereocenters. The SMILES string of the molecule is Cc1cc(O)c(CCON)cc1C. The minimum absolute atomic E-state index is 0.320. The molecule has 0 saturated heterocycles. The summed E-state index contributed by atoms with van der Waals surface area (Å²) in [6, 6.07) is 3.73. The van der Waals surface area contributed by atoms with Crippen molar-refractivity contribution < 1.29 is 9.94 Å². The van der Waals surface area contributed by atoms with E-state index >= 15 is 0 Å². The number of nitrogens with two attached hydrogens (primary N) is 1. The Morgan fingerprint density at radius 1 is 1.31 bits per heavy atom. The predicted molar refractivity (Wildman–Crippen MR) is 51.4 cm³/mol. The van der Waals surface area contributed by atoms with Gasteiger partial charge in [-0.3, -0.25) is 0 Å². The van der Waals surface area contributed by atoms with Crippen molar-refractivity contribution in [3.05, 3.63) is 28.8 Å². The third-order valence-corrected chi connectivity index (χ3v) is 2.18. The van der Waals surface area contributed by atoms with Crippen LogP contribution in [0.15, 0.2) is 12.1 Å². The lowest BCUT2D eigenvalue weighted by Crippen LogP contribution is -2.04. The first kappa shape index (κ1) is 10.0. The van der Waals surface area contributed by atoms with Gasteiger partial charge in [0.1, 0.15) is 5.75 Å². The van der Waals surface area contributed by atoms with Crippen LogP contribution in [-0.4, -0.2) is 11.7 Å². The van der Waals surface area contributed by atoms with Gasteiger partial charge >= 0.3 is 0 Å². The molecule has 0 fully saturated rings. The summed E-state index contributed by atoms with van der Waals surface area (Å²) in [6.07, 6.45) is 0.642. The summed E-state index contributed by atoms with van der Waals surface area (Å²) in [7, 11) is 0. The highest BCUT2D eigenvalue weighted by atomic mass is 16.6. The van der Waals surface area contributed by atoms with Crippen molar-refractivity contribution in [1.29, 1.82) is 0 Å². The highest BCUT2D eigenvalue weighted by molar-refractivity contribution is 5.40. The van der Waals surface area contributed by atoms with Gasteiger partial charge in [0.2, 0.25) is 0 Å². The van der Waals surface area contributed by atoms with E-state index < -0.39 is 0 Å². The fraction of sp³-hybridized carbons (Fsp3) is 0.400. The summed E-state index contributed by atoms with van der Waals surface area (Å²) >= 11 is 0. The molecule has 0 unspecified atom stereocenters. The number of aromatic hydroxyl groups is 1. The Hall–Kier alpha value is -1.06. The van der Waals surface area contributed by atoms with Crippen LogP contribution < -0.4 is 5.90 Å². The van der Waals surface area contributed by atoms with Crippen molar-refractivity contribution in [2.24, 2.45) is 5.90 Å². The third-order valence-electron chi connectivity index (χ3n) is 2.18. The Kier molecular flexibility index (Phi) is 3.28. The molecule has 0 heterocycles. The Labute approximate surface area is 78.1 Å². The van der Waals surface area contributed by atoms with Gasteiger partial charge in [-0.05, 0) is 36.6 Å². The van der Waals surface area contributed by atoms with E-state index in [9.17, 15) is 5.11 Å². The Morgan fingerprint density at radius 3 is 2.54 bits per heavy atom. The molecule has 1 rings (SSSR count). The second-order valence-corrected chi connectivity index (χ2v) is 3.19. The van der Waals surface area contributed by atoms with Crippen LogP contribution in [0.3, 0.4) is 0 Å². The molecule has 0 bridgehead atoms. The van der Waals surface area contributed by atoms with E-state index in [1.54, 1.807) is 6.07 Å². The van der Waals surface area contributed by atoms with Crippen LogP contribution in [0.2, 0.25) is 0 Å². The smallest absolute Gasteiger partial charge is 0.119 e. The molecule has 0 spiro atoms. The van der Waals surface area contributed by atoms with Crippen molar-refractivity contribution in [2.45, 2.75) is 20.3 Å². The zero-order valence-electron chi connectivity index (χ0n) is 8.00. The van der Waals surface area contributed by atoms with Gasteiger partial charge in [-0.2, -0.15) is 0 Å². The maximum atomic E-state index is 9.55. The average molecular weight is 181 g/mol. The molecule has 0 aliphatic heterocycles. The third kappa shape index (κ3) is 2.44. The molecule has 3 heteroatoms. The molecule has 0 aliphatic rings. The summed E-state index contributed by atoms with van der Waals surface area (Å²) in [5.74, 6) is 5.23. The van der Waals surface area contributed by atoms with Gasteiger partial charge in [0.25, 0.3) is 0 Å².